The molecular weight excluding hydrogens is 352 g/mol. The topological polar surface area (TPSA) is 64.1 Å². The molecule has 1 aromatic heterocycles. The van der Waals surface area contributed by atoms with Crippen molar-refractivity contribution in [1.29, 1.82) is 0 Å². The molecule has 2 aromatic carbocycles. The van der Waals surface area contributed by atoms with Crippen LogP contribution in [0.15, 0.2) is 48.5 Å². The molecule has 1 amide bonds. The van der Waals surface area contributed by atoms with Crippen LogP contribution in [-0.4, -0.2) is 22.5 Å². The molecule has 0 unspecified atom stereocenters. The number of anilines is 1. The Morgan fingerprint density at radius 1 is 1.04 bits per heavy atom. The van der Waals surface area contributed by atoms with Crippen molar-refractivity contribution in [3.63, 3.8) is 0 Å². The number of nitrogens with one attached hydrogen (secondary N) is 1. The number of rotatable bonds is 5. The summed E-state index contributed by atoms with van der Waals surface area (Å²) in [6.07, 6.45) is 0. The highest BCUT2D eigenvalue weighted by Crippen LogP contribution is 2.19. The average molecular weight is 369 g/mol. The smallest absolute Gasteiger partial charge is 0.262 e. The summed E-state index contributed by atoms with van der Waals surface area (Å²) in [5.74, 6) is -0.618. The Labute approximate surface area is 155 Å². The predicted octanol–water partition coefficient (Wildman–Crippen LogP) is 4.06. The highest BCUT2D eigenvalue weighted by Gasteiger charge is 2.09. The van der Waals surface area contributed by atoms with Crippen LogP contribution in [0.4, 0.5) is 14.5 Å². The van der Waals surface area contributed by atoms with Gasteiger partial charge in [-0.05, 0) is 55.8 Å². The van der Waals surface area contributed by atoms with E-state index in [1.807, 2.05) is 0 Å². The first kappa shape index (κ1) is 18.4. The van der Waals surface area contributed by atoms with Crippen molar-refractivity contribution in [1.82, 2.24) is 9.97 Å². The molecule has 1 N–H and O–H groups in total. The molecule has 0 bridgehead atoms. The van der Waals surface area contributed by atoms with Crippen molar-refractivity contribution < 1.29 is 18.3 Å². The van der Waals surface area contributed by atoms with Crippen molar-refractivity contribution >= 4 is 11.6 Å². The molecule has 0 atom stereocenters. The maximum absolute atomic E-state index is 13.5. The van der Waals surface area contributed by atoms with Gasteiger partial charge in [0.2, 0.25) is 5.88 Å². The van der Waals surface area contributed by atoms with E-state index in [9.17, 15) is 13.6 Å². The highest BCUT2D eigenvalue weighted by atomic mass is 19.1. The summed E-state index contributed by atoms with van der Waals surface area (Å²) < 4.78 is 32.0. The highest BCUT2D eigenvalue weighted by molar-refractivity contribution is 5.91. The number of aryl methyl sites for hydroxylation is 2. The van der Waals surface area contributed by atoms with Crippen LogP contribution in [0.25, 0.3) is 11.4 Å². The van der Waals surface area contributed by atoms with Crippen LogP contribution in [0.5, 0.6) is 5.88 Å². The molecule has 0 spiro atoms. The van der Waals surface area contributed by atoms with Gasteiger partial charge in [-0.25, -0.2) is 13.8 Å². The number of carbonyl (C=O) groups excluding carboxylic acids is 1. The molecule has 0 aliphatic rings. The number of hydrogen-bond donors (Lipinski definition) is 1. The Morgan fingerprint density at radius 2 is 1.78 bits per heavy atom. The standard InChI is InChI=1S/C20H17F2N3O2/c1-12-3-8-16(10-17(12)22)24-18(26)11-27-19-9-13(2)23-20(25-19)14-4-6-15(21)7-5-14/h3-10H,11H2,1-2H3,(H,24,26). The third-order valence-corrected chi connectivity index (χ3v) is 3.74. The molecule has 0 aliphatic carbocycles. The minimum atomic E-state index is -0.446. The SMILES string of the molecule is Cc1cc(OCC(=O)Nc2ccc(C)c(F)c2)nc(-c2ccc(F)cc2)n1. The van der Waals surface area contributed by atoms with Gasteiger partial charge in [-0.3, -0.25) is 4.79 Å². The first-order valence-corrected chi connectivity index (χ1v) is 8.21. The van der Waals surface area contributed by atoms with Crippen LogP contribution in [0, 0.1) is 25.5 Å². The number of nitrogens with zero attached hydrogens (tertiary/aromatic N) is 2. The van der Waals surface area contributed by atoms with Gasteiger partial charge in [0, 0.05) is 23.0 Å². The second-order valence-electron chi connectivity index (χ2n) is 5.98. The monoisotopic (exact) mass is 369 g/mol. The predicted molar refractivity (Wildman–Crippen MR) is 97.4 cm³/mol. The minimum Gasteiger partial charge on any atom is -0.467 e. The molecule has 5 nitrogen and oxygen atoms in total. The van der Waals surface area contributed by atoms with Gasteiger partial charge in [0.15, 0.2) is 12.4 Å². The number of benzene rings is 2. The summed E-state index contributed by atoms with van der Waals surface area (Å²) in [5, 5.41) is 2.56. The van der Waals surface area contributed by atoms with E-state index in [1.165, 1.54) is 18.2 Å². The molecule has 0 saturated carbocycles. The molecule has 27 heavy (non-hydrogen) atoms. The summed E-state index contributed by atoms with van der Waals surface area (Å²) in [5.41, 5.74) is 2.11. The third-order valence-electron chi connectivity index (χ3n) is 3.74. The van der Waals surface area contributed by atoms with Gasteiger partial charge in [-0.15, -0.1) is 0 Å². The van der Waals surface area contributed by atoms with Crippen LogP contribution in [-0.2, 0) is 4.79 Å². The summed E-state index contributed by atoms with van der Waals surface area (Å²) >= 11 is 0. The Morgan fingerprint density at radius 3 is 2.48 bits per heavy atom. The van der Waals surface area contributed by atoms with Crippen LogP contribution < -0.4 is 10.1 Å². The van der Waals surface area contributed by atoms with Crippen molar-refractivity contribution in [2.45, 2.75) is 13.8 Å². The van der Waals surface area contributed by atoms with Gasteiger partial charge in [-0.2, -0.15) is 4.98 Å². The second kappa shape index (κ2) is 7.90. The average Bonchev–Trinajstić information content (AvgIpc) is 2.63. The summed E-state index contributed by atoms with van der Waals surface area (Å²) in [7, 11) is 0. The van der Waals surface area contributed by atoms with Gasteiger partial charge >= 0.3 is 0 Å². The van der Waals surface area contributed by atoms with E-state index in [2.05, 4.69) is 15.3 Å². The van der Waals surface area contributed by atoms with Crippen LogP contribution in [0.2, 0.25) is 0 Å². The lowest BCUT2D eigenvalue weighted by Crippen LogP contribution is -2.20. The fraction of sp³-hybridized carbons (Fsp3) is 0.150. The second-order valence-corrected chi connectivity index (χ2v) is 5.98. The first-order chi connectivity index (χ1) is 12.9. The normalized spacial score (nSPS) is 10.5. The van der Waals surface area contributed by atoms with E-state index in [4.69, 9.17) is 4.74 Å². The molecule has 0 aliphatic heterocycles. The van der Waals surface area contributed by atoms with Gasteiger partial charge in [0.1, 0.15) is 11.6 Å². The summed E-state index contributed by atoms with van der Waals surface area (Å²) in [6.45, 7) is 3.10. The lowest BCUT2D eigenvalue weighted by Gasteiger charge is -2.09. The maximum Gasteiger partial charge on any atom is 0.262 e. The molecule has 0 saturated heterocycles. The van der Waals surface area contributed by atoms with Gasteiger partial charge in [0.25, 0.3) is 5.91 Å². The van der Waals surface area contributed by atoms with Crippen molar-refractivity contribution in [2.24, 2.45) is 0 Å². The van der Waals surface area contributed by atoms with Crippen LogP contribution in [0.3, 0.4) is 0 Å². The number of hydrogen-bond acceptors (Lipinski definition) is 4. The molecule has 7 heteroatoms. The number of aromatic nitrogens is 2. The number of carbonyl (C=O) groups is 1. The van der Waals surface area contributed by atoms with Crippen molar-refractivity contribution in [3.05, 3.63) is 71.4 Å². The molecular formula is C20H17F2N3O2. The van der Waals surface area contributed by atoms with E-state index < -0.39 is 11.7 Å². The maximum atomic E-state index is 13.5. The molecule has 0 fully saturated rings. The molecule has 0 radical (unpaired) electrons. The molecule has 138 valence electrons. The molecule has 3 rings (SSSR count). The first-order valence-electron chi connectivity index (χ1n) is 8.21. The Kier molecular flexibility index (Phi) is 5.40. The molecule has 1 heterocycles. The lowest BCUT2D eigenvalue weighted by atomic mass is 10.2. The van der Waals surface area contributed by atoms with Crippen molar-refractivity contribution in [3.8, 4) is 17.3 Å². The van der Waals surface area contributed by atoms with E-state index in [0.717, 1.165) is 0 Å². The summed E-state index contributed by atoms with van der Waals surface area (Å²) in [6, 6.07) is 11.8. The lowest BCUT2D eigenvalue weighted by molar-refractivity contribution is -0.118. The number of amides is 1. The number of halogens is 2. The zero-order valence-corrected chi connectivity index (χ0v) is 14.8. The van der Waals surface area contributed by atoms with Gasteiger partial charge in [-0.1, -0.05) is 6.07 Å². The third kappa shape index (κ3) is 4.84. The zero-order valence-electron chi connectivity index (χ0n) is 14.8. The van der Waals surface area contributed by atoms with E-state index in [1.54, 1.807) is 44.2 Å². The number of ether oxygens (including phenoxy) is 1. The van der Waals surface area contributed by atoms with E-state index in [0.29, 0.717) is 28.3 Å². The quantitative estimate of drug-likeness (QED) is 0.737. The zero-order chi connectivity index (χ0) is 19.4. The Bertz CT molecular complexity index is 975. The summed E-state index contributed by atoms with van der Waals surface area (Å²) in [4.78, 5) is 20.5. The van der Waals surface area contributed by atoms with Crippen LogP contribution in [0.1, 0.15) is 11.3 Å². The van der Waals surface area contributed by atoms with Crippen LogP contribution >= 0.6 is 0 Å². The van der Waals surface area contributed by atoms with Gasteiger partial charge in [0.05, 0.1) is 0 Å². The van der Waals surface area contributed by atoms with E-state index >= 15 is 0 Å². The van der Waals surface area contributed by atoms with Crippen molar-refractivity contribution in [2.75, 3.05) is 11.9 Å². The molecule has 3 aromatic rings. The Balaban J connectivity index is 1.67. The fourth-order valence-corrected chi connectivity index (χ4v) is 2.35. The Hall–Kier alpha value is -3.35. The van der Waals surface area contributed by atoms with Gasteiger partial charge < -0.3 is 10.1 Å². The van der Waals surface area contributed by atoms with E-state index in [-0.39, 0.29) is 18.3 Å². The largest absolute Gasteiger partial charge is 0.467 e. The minimum absolute atomic E-state index is 0.215. The fourth-order valence-electron chi connectivity index (χ4n) is 2.35.